The number of hydrogen-bond acceptors (Lipinski definition) is 4. The molecule has 3 rings (SSSR count). The molecule has 0 aliphatic heterocycles. The zero-order valence-corrected chi connectivity index (χ0v) is 16.1. The van der Waals surface area contributed by atoms with Gasteiger partial charge in [-0.2, -0.15) is 0 Å². The predicted octanol–water partition coefficient (Wildman–Crippen LogP) is 4.57. The molecule has 4 nitrogen and oxygen atoms in total. The second kappa shape index (κ2) is 9.18. The smallest absolute Gasteiger partial charge is 0.317 e. The van der Waals surface area contributed by atoms with Crippen LogP contribution in [0.5, 0.6) is 5.75 Å². The average molecular weight is 376 g/mol. The fourth-order valence-electron chi connectivity index (χ4n) is 3.46. The summed E-state index contributed by atoms with van der Waals surface area (Å²) in [4.78, 5) is 25.2. The molecule has 0 saturated heterocycles. The van der Waals surface area contributed by atoms with Gasteiger partial charge in [-0.3, -0.25) is 9.59 Å². The highest BCUT2D eigenvalue weighted by Crippen LogP contribution is 2.37. The number of allylic oxidation sites excluding steroid dienone is 3. The summed E-state index contributed by atoms with van der Waals surface area (Å²) < 4.78 is 10.3. The SMILES string of the molecule is CCOC(=O)[C@H]1C(=O)C=C(/C=C/c2ccc(OC)cc2)C[C@H]1c1ccccc1. The number of rotatable bonds is 6. The predicted molar refractivity (Wildman–Crippen MR) is 109 cm³/mol. The van der Waals surface area contributed by atoms with E-state index in [0.29, 0.717) is 6.42 Å². The van der Waals surface area contributed by atoms with Gasteiger partial charge in [-0.25, -0.2) is 0 Å². The summed E-state index contributed by atoms with van der Waals surface area (Å²) >= 11 is 0. The highest BCUT2D eigenvalue weighted by molar-refractivity contribution is 6.07. The van der Waals surface area contributed by atoms with Gasteiger partial charge in [0.05, 0.1) is 13.7 Å². The fourth-order valence-corrected chi connectivity index (χ4v) is 3.46. The van der Waals surface area contributed by atoms with Crippen LogP contribution in [0.1, 0.15) is 30.4 Å². The molecule has 0 unspecified atom stereocenters. The Hall–Kier alpha value is -3.14. The molecule has 0 amide bonds. The van der Waals surface area contributed by atoms with E-state index in [2.05, 4.69) is 0 Å². The van der Waals surface area contributed by atoms with Crippen molar-refractivity contribution in [2.75, 3.05) is 13.7 Å². The summed E-state index contributed by atoms with van der Waals surface area (Å²) in [6.07, 6.45) is 6.08. The number of ketones is 1. The minimum absolute atomic E-state index is 0.201. The lowest BCUT2D eigenvalue weighted by molar-refractivity contribution is -0.151. The Morgan fingerprint density at radius 1 is 1.07 bits per heavy atom. The molecule has 1 aliphatic rings. The molecule has 2 aromatic rings. The van der Waals surface area contributed by atoms with Gasteiger partial charge in [0.1, 0.15) is 11.7 Å². The molecule has 0 heterocycles. The van der Waals surface area contributed by atoms with E-state index in [1.807, 2.05) is 66.7 Å². The molecule has 144 valence electrons. The molecule has 0 N–H and O–H groups in total. The number of esters is 1. The van der Waals surface area contributed by atoms with Crippen LogP contribution in [0.2, 0.25) is 0 Å². The third-order valence-corrected chi connectivity index (χ3v) is 4.87. The Labute approximate surface area is 165 Å². The average Bonchev–Trinajstić information content (AvgIpc) is 2.73. The van der Waals surface area contributed by atoms with E-state index in [9.17, 15) is 9.59 Å². The molecule has 28 heavy (non-hydrogen) atoms. The highest BCUT2D eigenvalue weighted by Gasteiger charge is 2.38. The molecule has 0 saturated carbocycles. The van der Waals surface area contributed by atoms with Crippen LogP contribution in [0, 0.1) is 5.92 Å². The van der Waals surface area contributed by atoms with Crippen molar-refractivity contribution in [3.05, 3.63) is 83.4 Å². The van der Waals surface area contributed by atoms with Crippen LogP contribution in [0.15, 0.2) is 72.3 Å². The maximum absolute atomic E-state index is 12.8. The number of hydrogen-bond donors (Lipinski definition) is 0. The van der Waals surface area contributed by atoms with Gasteiger partial charge < -0.3 is 9.47 Å². The molecule has 0 bridgehead atoms. The van der Waals surface area contributed by atoms with Gasteiger partial charge in [0, 0.05) is 5.92 Å². The lowest BCUT2D eigenvalue weighted by atomic mass is 9.75. The largest absolute Gasteiger partial charge is 0.497 e. The summed E-state index contributed by atoms with van der Waals surface area (Å²) in [5, 5.41) is 0. The van der Waals surface area contributed by atoms with Crippen molar-refractivity contribution in [1.29, 1.82) is 0 Å². The van der Waals surface area contributed by atoms with Crippen molar-refractivity contribution in [2.24, 2.45) is 5.92 Å². The van der Waals surface area contributed by atoms with Gasteiger partial charge in [0.2, 0.25) is 0 Å². The van der Waals surface area contributed by atoms with Crippen molar-refractivity contribution in [3.63, 3.8) is 0 Å². The maximum Gasteiger partial charge on any atom is 0.317 e. The van der Waals surface area contributed by atoms with Gasteiger partial charge in [-0.05, 0) is 48.3 Å². The molecular weight excluding hydrogens is 352 g/mol. The van der Waals surface area contributed by atoms with E-state index in [-0.39, 0.29) is 18.3 Å². The number of carbonyl (C=O) groups is 2. The Kier molecular flexibility index (Phi) is 6.43. The molecule has 4 heteroatoms. The zero-order valence-electron chi connectivity index (χ0n) is 16.1. The Morgan fingerprint density at radius 2 is 1.79 bits per heavy atom. The first kappa shape index (κ1) is 19.6. The molecule has 0 spiro atoms. The van der Waals surface area contributed by atoms with Crippen LogP contribution in [0.4, 0.5) is 0 Å². The van der Waals surface area contributed by atoms with E-state index in [4.69, 9.17) is 9.47 Å². The summed E-state index contributed by atoms with van der Waals surface area (Å²) in [7, 11) is 1.63. The number of methoxy groups -OCH3 is 1. The van der Waals surface area contributed by atoms with Crippen molar-refractivity contribution in [1.82, 2.24) is 0 Å². The van der Waals surface area contributed by atoms with Crippen LogP contribution >= 0.6 is 0 Å². The molecule has 2 aromatic carbocycles. The Balaban J connectivity index is 1.86. The minimum atomic E-state index is -0.791. The number of ether oxygens (including phenoxy) is 2. The van der Waals surface area contributed by atoms with Gasteiger partial charge in [-0.1, -0.05) is 54.6 Å². The first-order valence-electron chi connectivity index (χ1n) is 9.40. The topological polar surface area (TPSA) is 52.6 Å². The number of benzene rings is 2. The highest BCUT2D eigenvalue weighted by atomic mass is 16.5. The van der Waals surface area contributed by atoms with E-state index >= 15 is 0 Å². The van der Waals surface area contributed by atoms with Crippen LogP contribution in [0.3, 0.4) is 0 Å². The van der Waals surface area contributed by atoms with Crippen molar-refractivity contribution >= 4 is 17.8 Å². The second-order valence-corrected chi connectivity index (χ2v) is 6.68. The Morgan fingerprint density at radius 3 is 2.43 bits per heavy atom. The van der Waals surface area contributed by atoms with E-state index in [1.165, 1.54) is 0 Å². The lowest BCUT2D eigenvalue weighted by Crippen LogP contribution is -2.34. The third-order valence-electron chi connectivity index (χ3n) is 4.87. The van der Waals surface area contributed by atoms with Crippen LogP contribution < -0.4 is 4.74 Å². The monoisotopic (exact) mass is 376 g/mol. The van der Waals surface area contributed by atoms with Crippen molar-refractivity contribution < 1.29 is 19.1 Å². The van der Waals surface area contributed by atoms with Crippen molar-refractivity contribution in [2.45, 2.75) is 19.3 Å². The lowest BCUT2D eigenvalue weighted by Gasteiger charge is -2.28. The second-order valence-electron chi connectivity index (χ2n) is 6.68. The van der Waals surface area contributed by atoms with E-state index in [1.54, 1.807) is 20.1 Å². The fraction of sp³-hybridized carbons (Fsp3) is 0.250. The van der Waals surface area contributed by atoms with Crippen LogP contribution in [-0.4, -0.2) is 25.5 Å². The molecule has 0 fully saturated rings. The van der Waals surface area contributed by atoms with Gasteiger partial charge in [-0.15, -0.1) is 0 Å². The van der Waals surface area contributed by atoms with E-state index < -0.39 is 11.9 Å². The van der Waals surface area contributed by atoms with Gasteiger partial charge in [0.15, 0.2) is 5.78 Å². The quantitative estimate of drug-likeness (QED) is 0.547. The summed E-state index contributed by atoms with van der Waals surface area (Å²) in [5.74, 6) is -0.872. The van der Waals surface area contributed by atoms with Gasteiger partial charge in [0.25, 0.3) is 0 Å². The molecular formula is C24H24O4. The maximum atomic E-state index is 12.8. The standard InChI is InChI=1S/C24H24O4/c1-3-28-24(26)23-21(19-7-5-4-6-8-19)15-18(16-22(23)25)10-9-17-11-13-20(27-2)14-12-17/h4-14,16,21,23H,3,15H2,1-2H3/b10-9+/t21-,23+/m0/s1. The molecule has 0 aromatic heterocycles. The van der Waals surface area contributed by atoms with Gasteiger partial charge >= 0.3 is 5.97 Å². The van der Waals surface area contributed by atoms with E-state index in [0.717, 1.165) is 22.4 Å². The third kappa shape index (κ3) is 4.58. The first-order chi connectivity index (χ1) is 13.6. The van der Waals surface area contributed by atoms with Crippen LogP contribution in [0.25, 0.3) is 6.08 Å². The summed E-state index contributed by atoms with van der Waals surface area (Å²) in [5.41, 5.74) is 2.88. The van der Waals surface area contributed by atoms with Crippen molar-refractivity contribution in [3.8, 4) is 5.75 Å². The zero-order chi connectivity index (χ0) is 19.9. The normalized spacial score (nSPS) is 19.4. The molecule has 0 radical (unpaired) electrons. The minimum Gasteiger partial charge on any atom is -0.497 e. The first-order valence-corrected chi connectivity index (χ1v) is 9.40. The summed E-state index contributed by atoms with van der Waals surface area (Å²) in [6.45, 7) is 2.01. The molecule has 1 aliphatic carbocycles. The molecule has 2 atom stereocenters. The van der Waals surface area contributed by atoms with Crippen LogP contribution in [-0.2, 0) is 14.3 Å². The Bertz CT molecular complexity index is 879. The summed E-state index contributed by atoms with van der Waals surface area (Å²) in [6, 6.07) is 17.4. The number of carbonyl (C=O) groups excluding carboxylic acids is 2.